The van der Waals surface area contributed by atoms with Crippen LogP contribution in [0.5, 0.6) is 0 Å². The van der Waals surface area contributed by atoms with Gasteiger partial charge in [-0.2, -0.15) is 0 Å². The van der Waals surface area contributed by atoms with Crippen molar-refractivity contribution in [1.82, 2.24) is 25.4 Å². The van der Waals surface area contributed by atoms with Gasteiger partial charge in [0.25, 0.3) is 5.91 Å². The second-order valence-corrected chi connectivity index (χ2v) is 6.03. The number of amides is 1. The molecule has 0 unspecified atom stereocenters. The van der Waals surface area contributed by atoms with E-state index in [1.54, 1.807) is 6.20 Å². The van der Waals surface area contributed by atoms with Gasteiger partial charge in [0.1, 0.15) is 5.82 Å². The Morgan fingerprint density at radius 3 is 2.62 bits per heavy atom. The van der Waals surface area contributed by atoms with E-state index >= 15 is 0 Å². The highest BCUT2D eigenvalue weighted by Gasteiger charge is 2.14. The van der Waals surface area contributed by atoms with Crippen LogP contribution in [0, 0.1) is 0 Å². The Kier molecular flexibility index (Phi) is 3.96. The van der Waals surface area contributed by atoms with Crippen LogP contribution >= 0.6 is 0 Å². The van der Waals surface area contributed by atoms with E-state index in [2.05, 4.69) is 20.4 Å². The summed E-state index contributed by atoms with van der Waals surface area (Å²) in [6.07, 6.45) is 5.24. The maximum atomic E-state index is 12.3. The molecule has 0 bridgehead atoms. The molecule has 0 aliphatic carbocycles. The van der Waals surface area contributed by atoms with Gasteiger partial charge in [-0.15, -0.1) is 0 Å². The van der Waals surface area contributed by atoms with Gasteiger partial charge in [0.2, 0.25) is 0 Å². The zero-order valence-corrected chi connectivity index (χ0v) is 13.3. The van der Waals surface area contributed by atoms with Crippen molar-refractivity contribution in [1.29, 1.82) is 0 Å². The topological polar surface area (TPSA) is 73.9 Å². The largest absolute Gasteiger partial charge is 0.337 e. The highest BCUT2D eigenvalue weighted by Crippen LogP contribution is 2.19. The van der Waals surface area contributed by atoms with Crippen LogP contribution in [0.25, 0.3) is 22.6 Å². The van der Waals surface area contributed by atoms with E-state index in [4.69, 9.17) is 0 Å². The monoisotopic (exact) mass is 321 g/mol. The molecular formula is C18H19N5O. The van der Waals surface area contributed by atoms with Crippen LogP contribution in [0.4, 0.5) is 0 Å². The number of aromatic nitrogens is 3. The van der Waals surface area contributed by atoms with Gasteiger partial charge < -0.3 is 4.98 Å². The number of aromatic amines is 1. The molecule has 0 radical (unpaired) electrons. The third-order valence-corrected chi connectivity index (χ3v) is 4.29. The Morgan fingerprint density at radius 1 is 1.08 bits per heavy atom. The SMILES string of the molecule is O=C(NN1CCCCC1)c1ccc(-c2nc3ncccc3[nH]2)cc1. The lowest BCUT2D eigenvalue weighted by Gasteiger charge is -2.26. The Hall–Kier alpha value is -2.73. The molecule has 6 heteroatoms. The molecule has 24 heavy (non-hydrogen) atoms. The van der Waals surface area contributed by atoms with Crippen LogP contribution in [0.15, 0.2) is 42.6 Å². The summed E-state index contributed by atoms with van der Waals surface area (Å²) < 4.78 is 0. The Labute approximate surface area is 139 Å². The highest BCUT2D eigenvalue weighted by atomic mass is 16.2. The molecule has 1 amide bonds. The lowest BCUT2D eigenvalue weighted by atomic mass is 10.1. The van der Waals surface area contributed by atoms with Crippen LogP contribution < -0.4 is 5.43 Å². The van der Waals surface area contributed by atoms with Gasteiger partial charge in [-0.3, -0.25) is 10.2 Å². The molecule has 0 atom stereocenters. The average molecular weight is 321 g/mol. The van der Waals surface area contributed by atoms with Crippen LogP contribution in [-0.2, 0) is 0 Å². The molecule has 1 fully saturated rings. The number of carbonyl (C=O) groups excluding carboxylic acids is 1. The number of carbonyl (C=O) groups is 1. The van der Waals surface area contributed by atoms with Crippen molar-refractivity contribution in [3.05, 3.63) is 48.2 Å². The first-order valence-corrected chi connectivity index (χ1v) is 8.27. The quantitative estimate of drug-likeness (QED) is 0.778. The summed E-state index contributed by atoms with van der Waals surface area (Å²) >= 11 is 0. The fraction of sp³-hybridized carbons (Fsp3) is 0.278. The van der Waals surface area contributed by atoms with E-state index in [9.17, 15) is 4.79 Å². The zero-order valence-electron chi connectivity index (χ0n) is 13.3. The number of fused-ring (bicyclic) bond motifs is 1. The molecule has 1 saturated heterocycles. The number of hydrogen-bond donors (Lipinski definition) is 2. The van der Waals surface area contributed by atoms with Crippen molar-refractivity contribution in [2.24, 2.45) is 0 Å². The maximum absolute atomic E-state index is 12.3. The van der Waals surface area contributed by atoms with Gasteiger partial charge in [0, 0.05) is 30.4 Å². The van der Waals surface area contributed by atoms with Crippen LogP contribution in [0.3, 0.4) is 0 Å². The fourth-order valence-electron chi connectivity index (χ4n) is 2.98. The average Bonchev–Trinajstić information content (AvgIpc) is 3.07. The lowest BCUT2D eigenvalue weighted by molar-refractivity contribution is 0.0750. The highest BCUT2D eigenvalue weighted by molar-refractivity contribution is 5.94. The Bertz CT molecular complexity index is 816. The molecule has 2 aromatic heterocycles. The second-order valence-electron chi connectivity index (χ2n) is 6.03. The van der Waals surface area contributed by atoms with E-state index in [-0.39, 0.29) is 5.91 Å². The minimum Gasteiger partial charge on any atom is -0.337 e. The Morgan fingerprint density at radius 2 is 1.88 bits per heavy atom. The molecule has 3 heterocycles. The summed E-state index contributed by atoms with van der Waals surface area (Å²) in [5.74, 6) is 0.696. The lowest BCUT2D eigenvalue weighted by Crippen LogP contribution is -2.45. The van der Waals surface area contributed by atoms with Crippen molar-refractivity contribution in [3.63, 3.8) is 0 Å². The summed E-state index contributed by atoms with van der Waals surface area (Å²) in [7, 11) is 0. The first-order chi connectivity index (χ1) is 11.8. The van der Waals surface area contributed by atoms with Crippen LogP contribution in [-0.4, -0.2) is 39.0 Å². The number of hydrazine groups is 1. The number of hydrogen-bond acceptors (Lipinski definition) is 4. The van der Waals surface area contributed by atoms with Crippen molar-refractivity contribution in [2.45, 2.75) is 19.3 Å². The van der Waals surface area contributed by atoms with Crippen molar-refractivity contribution in [3.8, 4) is 11.4 Å². The Balaban J connectivity index is 1.50. The number of nitrogens with one attached hydrogen (secondary N) is 2. The second kappa shape index (κ2) is 6.41. The van der Waals surface area contributed by atoms with Crippen molar-refractivity contribution >= 4 is 17.1 Å². The fourth-order valence-corrected chi connectivity index (χ4v) is 2.98. The molecular weight excluding hydrogens is 302 g/mol. The molecule has 1 aliphatic rings. The summed E-state index contributed by atoms with van der Waals surface area (Å²) in [6.45, 7) is 1.85. The maximum Gasteiger partial charge on any atom is 0.265 e. The third-order valence-electron chi connectivity index (χ3n) is 4.29. The molecule has 4 rings (SSSR count). The van der Waals surface area contributed by atoms with E-state index in [1.165, 1.54) is 6.42 Å². The van der Waals surface area contributed by atoms with Gasteiger partial charge in [0.15, 0.2) is 5.65 Å². The van der Waals surface area contributed by atoms with Gasteiger partial charge in [-0.05, 0) is 37.1 Å². The van der Waals surface area contributed by atoms with E-state index < -0.39 is 0 Å². The number of rotatable bonds is 3. The smallest absolute Gasteiger partial charge is 0.265 e. The molecule has 1 aromatic carbocycles. The first kappa shape index (κ1) is 14.8. The molecule has 122 valence electrons. The normalized spacial score (nSPS) is 15.5. The zero-order chi connectivity index (χ0) is 16.4. The van der Waals surface area contributed by atoms with E-state index in [0.29, 0.717) is 11.2 Å². The summed E-state index contributed by atoms with van der Waals surface area (Å²) in [5.41, 5.74) is 6.16. The van der Waals surface area contributed by atoms with E-state index in [1.807, 2.05) is 41.4 Å². The summed E-state index contributed by atoms with van der Waals surface area (Å²) in [5, 5.41) is 2.00. The van der Waals surface area contributed by atoms with Gasteiger partial charge in [-0.25, -0.2) is 15.0 Å². The number of H-pyrrole nitrogens is 1. The number of benzene rings is 1. The molecule has 0 spiro atoms. The third kappa shape index (κ3) is 3.00. The molecule has 1 aliphatic heterocycles. The first-order valence-electron chi connectivity index (χ1n) is 8.27. The van der Waals surface area contributed by atoms with Crippen LogP contribution in [0.1, 0.15) is 29.6 Å². The number of pyridine rings is 1. The van der Waals surface area contributed by atoms with E-state index in [0.717, 1.165) is 42.8 Å². The van der Waals surface area contributed by atoms with Crippen LogP contribution in [0.2, 0.25) is 0 Å². The summed E-state index contributed by atoms with van der Waals surface area (Å²) in [6, 6.07) is 11.3. The summed E-state index contributed by atoms with van der Waals surface area (Å²) in [4.78, 5) is 24.3. The van der Waals surface area contributed by atoms with Gasteiger partial charge in [0.05, 0.1) is 5.52 Å². The standard InChI is InChI=1S/C18H19N5O/c24-18(22-23-11-2-1-3-12-23)14-8-6-13(7-9-14)16-20-15-5-4-10-19-17(15)21-16/h4-10H,1-3,11-12H2,(H,22,24)(H,19,20,21). The van der Waals surface area contributed by atoms with Gasteiger partial charge >= 0.3 is 0 Å². The molecule has 2 N–H and O–H groups in total. The number of piperidine rings is 1. The predicted molar refractivity (Wildman–Crippen MR) is 92.2 cm³/mol. The number of nitrogens with zero attached hydrogens (tertiary/aromatic N) is 3. The van der Waals surface area contributed by atoms with Crippen molar-refractivity contribution in [2.75, 3.05) is 13.1 Å². The van der Waals surface area contributed by atoms with Crippen molar-refractivity contribution < 1.29 is 4.79 Å². The minimum absolute atomic E-state index is 0.0604. The van der Waals surface area contributed by atoms with Gasteiger partial charge in [-0.1, -0.05) is 18.6 Å². The predicted octanol–water partition coefficient (Wildman–Crippen LogP) is 2.76. The number of imidazole rings is 1. The molecule has 0 saturated carbocycles. The minimum atomic E-state index is -0.0604. The molecule has 3 aromatic rings. The molecule has 6 nitrogen and oxygen atoms in total.